The Morgan fingerprint density at radius 3 is 2.45 bits per heavy atom. The fourth-order valence-corrected chi connectivity index (χ4v) is 3.30. The van der Waals surface area contributed by atoms with Crippen LogP contribution >= 0.6 is 0 Å². The molecule has 0 saturated carbocycles. The molecule has 0 heterocycles. The summed E-state index contributed by atoms with van der Waals surface area (Å²) in [6, 6.07) is 13.2. The number of ether oxygens (including phenoxy) is 1. The number of hydrogen-bond donors (Lipinski definition) is 2. The van der Waals surface area contributed by atoms with E-state index in [4.69, 9.17) is 4.74 Å². The first-order chi connectivity index (χ1) is 13.7. The average Bonchev–Trinajstić information content (AvgIpc) is 2.67. The minimum atomic E-state index is -0.705. The summed E-state index contributed by atoms with van der Waals surface area (Å²) in [6.45, 7) is 7.16. The highest BCUT2D eigenvalue weighted by Crippen LogP contribution is 2.22. The molecule has 2 rings (SSSR count). The number of aliphatic hydroxyl groups is 1. The Balaban J connectivity index is 2.14. The number of esters is 1. The molecule has 2 N–H and O–H groups in total. The first kappa shape index (κ1) is 22.9. The smallest absolute Gasteiger partial charge is 0.329 e. The van der Waals surface area contributed by atoms with Gasteiger partial charge in [-0.25, -0.2) is 4.79 Å². The van der Waals surface area contributed by atoms with Gasteiger partial charge in [0.2, 0.25) is 5.91 Å². The zero-order valence-corrected chi connectivity index (χ0v) is 17.9. The van der Waals surface area contributed by atoms with E-state index in [1.54, 1.807) is 20.8 Å². The quantitative estimate of drug-likeness (QED) is 0.625. The van der Waals surface area contributed by atoms with Crippen LogP contribution in [0.3, 0.4) is 0 Å². The zero-order chi connectivity index (χ0) is 21.4. The van der Waals surface area contributed by atoms with E-state index in [2.05, 4.69) is 5.32 Å². The van der Waals surface area contributed by atoms with Crippen molar-refractivity contribution in [3.05, 3.63) is 48.0 Å². The van der Waals surface area contributed by atoms with Crippen molar-refractivity contribution in [2.75, 3.05) is 6.61 Å². The molecule has 0 aliphatic rings. The molecule has 5 heteroatoms. The van der Waals surface area contributed by atoms with Gasteiger partial charge in [0.15, 0.2) is 0 Å². The minimum absolute atomic E-state index is 0.288. The minimum Gasteiger partial charge on any atom is -0.458 e. The second-order valence-corrected chi connectivity index (χ2v) is 8.46. The monoisotopic (exact) mass is 399 g/mol. The number of rotatable bonds is 9. The van der Waals surface area contributed by atoms with Crippen LogP contribution in [0, 0.1) is 5.92 Å². The SMILES string of the molecule is CCCCC(NC(=O)[C@@H](CO)Cc1cccc2ccccc12)C(=O)OC(C)(C)C. The number of carbonyl (C=O) groups excluding carboxylic acids is 2. The molecule has 0 aliphatic carbocycles. The lowest BCUT2D eigenvalue weighted by molar-refractivity contribution is -0.159. The summed E-state index contributed by atoms with van der Waals surface area (Å²) in [5, 5.41) is 14.8. The summed E-state index contributed by atoms with van der Waals surface area (Å²) in [6.07, 6.45) is 2.63. The lowest BCUT2D eigenvalue weighted by atomic mass is 9.94. The van der Waals surface area contributed by atoms with E-state index in [9.17, 15) is 14.7 Å². The molecule has 29 heavy (non-hydrogen) atoms. The fraction of sp³-hybridized carbons (Fsp3) is 0.500. The van der Waals surface area contributed by atoms with Crippen LogP contribution in [0.4, 0.5) is 0 Å². The van der Waals surface area contributed by atoms with Crippen LogP contribution < -0.4 is 5.32 Å². The van der Waals surface area contributed by atoms with E-state index in [-0.39, 0.29) is 12.5 Å². The number of hydrogen-bond acceptors (Lipinski definition) is 4. The predicted molar refractivity (Wildman–Crippen MR) is 116 cm³/mol. The molecule has 2 aromatic rings. The van der Waals surface area contributed by atoms with Crippen molar-refractivity contribution in [3.8, 4) is 0 Å². The van der Waals surface area contributed by atoms with Gasteiger partial charge in [-0.1, -0.05) is 62.2 Å². The van der Waals surface area contributed by atoms with Gasteiger partial charge in [0, 0.05) is 0 Å². The highest BCUT2D eigenvalue weighted by atomic mass is 16.6. The van der Waals surface area contributed by atoms with Gasteiger partial charge < -0.3 is 15.2 Å². The van der Waals surface area contributed by atoms with Crippen molar-refractivity contribution in [2.45, 2.75) is 65.0 Å². The Kier molecular flexibility index (Phi) is 8.21. The van der Waals surface area contributed by atoms with E-state index in [0.29, 0.717) is 12.8 Å². The van der Waals surface area contributed by atoms with Gasteiger partial charge in [0.05, 0.1) is 12.5 Å². The Morgan fingerprint density at radius 1 is 1.10 bits per heavy atom. The van der Waals surface area contributed by atoms with Crippen molar-refractivity contribution in [3.63, 3.8) is 0 Å². The molecule has 1 amide bonds. The third-order valence-electron chi connectivity index (χ3n) is 4.79. The van der Waals surface area contributed by atoms with Crippen LogP contribution in [0.5, 0.6) is 0 Å². The van der Waals surface area contributed by atoms with Crippen molar-refractivity contribution in [1.29, 1.82) is 0 Å². The van der Waals surface area contributed by atoms with Crippen LogP contribution in [0.1, 0.15) is 52.5 Å². The van der Waals surface area contributed by atoms with Gasteiger partial charge >= 0.3 is 5.97 Å². The number of aliphatic hydroxyl groups excluding tert-OH is 1. The van der Waals surface area contributed by atoms with Gasteiger partial charge in [-0.3, -0.25) is 4.79 Å². The van der Waals surface area contributed by atoms with Crippen molar-refractivity contribution >= 4 is 22.6 Å². The largest absolute Gasteiger partial charge is 0.458 e. The summed E-state index contributed by atoms with van der Waals surface area (Å²) in [5.74, 6) is -1.39. The van der Waals surface area contributed by atoms with Crippen LogP contribution in [0.15, 0.2) is 42.5 Å². The second kappa shape index (κ2) is 10.4. The Hall–Kier alpha value is -2.40. The molecule has 2 atom stereocenters. The number of amides is 1. The molecule has 0 saturated heterocycles. The van der Waals surface area contributed by atoms with Crippen molar-refractivity contribution in [2.24, 2.45) is 5.92 Å². The number of benzene rings is 2. The van der Waals surface area contributed by atoms with Gasteiger partial charge in [-0.2, -0.15) is 0 Å². The second-order valence-electron chi connectivity index (χ2n) is 8.46. The number of carbonyl (C=O) groups is 2. The summed E-state index contributed by atoms with van der Waals surface area (Å²) < 4.78 is 5.47. The van der Waals surface area contributed by atoms with Crippen LogP contribution in [0.2, 0.25) is 0 Å². The van der Waals surface area contributed by atoms with Crippen molar-refractivity contribution in [1.82, 2.24) is 5.32 Å². The average molecular weight is 400 g/mol. The molecular weight excluding hydrogens is 366 g/mol. The maximum Gasteiger partial charge on any atom is 0.329 e. The van der Waals surface area contributed by atoms with E-state index >= 15 is 0 Å². The standard InChI is InChI=1S/C24H33NO4/c1-5-6-14-21(23(28)29-24(2,3)4)25-22(27)19(16-26)15-18-12-9-11-17-10-7-8-13-20(17)18/h7-13,19,21,26H,5-6,14-16H2,1-4H3,(H,25,27)/t19-,21?/m1/s1. The van der Waals surface area contributed by atoms with E-state index < -0.39 is 23.5 Å². The summed E-state index contributed by atoms with van der Waals surface area (Å²) >= 11 is 0. The Bertz CT molecular complexity index is 820. The lowest BCUT2D eigenvalue weighted by Gasteiger charge is -2.26. The summed E-state index contributed by atoms with van der Waals surface area (Å²) in [7, 11) is 0. The third-order valence-corrected chi connectivity index (χ3v) is 4.79. The van der Waals surface area contributed by atoms with E-state index in [1.165, 1.54) is 0 Å². The van der Waals surface area contributed by atoms with Gasteiger partial charge in [-0.15, -0.1) is 0 Å². The van der Waals surface area contributed by atoms with E-state index in [1.807, 2.05) is 49.4 Å². The normalized spacial score (nSPS) is 13.7. The topological polar surface area (TPSA) is 75.6 Å². The maximum atomic E-state index is 12.9. The van der Waals surface area contributed by atoms with Crippen LogP contribution in [-0.4, -0.2) is 35.2 Å². The molecule has 0 radical (unpaired) electrons. The van der Waals surface area contributed by atoms with Crippen LogP contribution in [0.25, 0.3) is 10.8 Å². The van der Waals surface area contributed by atoms with Gasteiger partial charge in [0.25, 0.3) is 0 Å². The highest BCUT2D eigenvalue weighted by molar-refractivity contribution is 5.88. The molecule has 0 aromatic heterocycles. The number of unbranched alkanes of at least 4 members (excludes halogenated alkanes) is 1. The first-order valence-corrected chi connectivity index (χ1v) is 10.4. The van der Waals surface area contributed by atoms with Gasteiger partial charge in [0.1, 0.15) is 11.6 Å². The third kappa shape index (κ3) is 6.86. The Morgan fingerprint density at radius 2 is 1.79 bits per heavy atom. The molecule has 0 spiro atoms. The zero-order valence-electron chi connectivity index (χ0n) is 17.9. The van der Waals surface area contributed by atoms with E-state index in [0.717, 1.165) is 29.2 Å². The number of nitrogens with one attached hydrogen (secondary N) is 1. The van der Waals surface area contributed by atoms with Gasteiger partial charge in [-0.05, 0) is 49.9 Å². The maximum absolute atomic E-state index is 12.9. The van der Waals surface area contributed by atoms with Crippen LogP contribution in [-0.2, 0) is 20.7 Å². The Labute approximate surface area is 173 Å². The highest BCUT2D eigenvalue weighted by Gasteiger charge is 2.29. The fourth-order valence-electron chi connectivity index (χ4n) is 3.30. The predicted octanol–water partition coefficient (Wildman–Crippen LogP) is 4.01. The molecule has 1 unspecified atom stereocenters. The summed E-state index contributed by atoms with van der Waals surface area (Å²) in [5.41, 5.74) is 0.380. The summed E-state index contributed by atoms with van der Waals surface area (Å²) in [4.78, 5) is 25.4. The molecule has 0 fully saturated rings. The molecule has 158 valence electrons. The first-order valence-electron chi connectivity index (χ1n) is 10.4. The lowest BCUT2D eigenvalue weighted by Crippen LogP contribution is -2.47. The molecular formula is C24H33NO4. The van der Waals surface area contributed by atoms with Crippen molar-refractivity contribution < 1.29 is 19.4 Å². The number of fused-ring (bicyclic) bond motifs is 1. The molecule has 0 aliphatic heterocycles. The molecule has 0 bridgehead atoms. The molecule has 2 aromatic carbocycles. The molecule has 5 nitrogen and oxygen atoms in total.